The predicted molar refractivity (Wildman–Crippen MR) is 127 cm³/mol. The number of benzene rings is 3. The van der Waals surface area contributed by atoms with E-state index >= 15 is 0 Å². The second-order valence-electron chi connectivity index (χ2n) is 7.39. The molecule has 168 valence electrons. The smallest absolute Gasteiger partial charge is 0.344 e. The van der Waals surface area contributed by atoms with Crippen molar-refractivity contribution in [1.29, 1.82) is 0 Å². The summed E-state index contributed by atoms with van der Waals surface area (Å²) < 4.78 is 21.3. The van der Waals surface area contributed by atoms with Crippen LogP contribution in [0.4, 0.5) is 0 Å². The van der Waals surface area contributed by atoms with Crippen molar-refractivity contribution in [2.45, 2.75) is 0 Å². The van der Waals surface area contributed by atoms with Gasteiger partial charge < -0.3 is 18.3 Å². The third-order valence-corrected chi connectivity index (χ3v) is 5.45. The quantitative estimate of drug-likeness (QED) is 0.194. The lowest BCUT2D eigenvalue weighted by molar-refractivity contribution is 0.0734. The fraction of sp³-hybridized carbons (Fsp3) is 0.0385. The Labute approximate surface area is 196 Å². The van der Waals surface area contributed by atoms with Crippen molar-refractivity contribution in [3.05, 3.63) is 104 Å². The topological polar surface area (TPSA) is 96.0 Å². The van der Waals surface area contributed by atoms with Crippen molar-refractivity contribution >= 4 is 39.5 Å². The molecule has 0 spiro atoms. The van der Waals surface area contributed by atoms with Gasteiger partial charge in [0.1, 0.15) is 22.7 Å². The molecule has 0 aliphatic heterocycles. The van der Waals surface area contributed by atoms with Crippen molar-refractivity contribution < 1.29 is 23.1 Å². The van der Waals surface area contributed by atoms with E-state index in [9.17, 15) is 14.4 Å². The van der Waals surface area contributed by atoms with Crippen LogP contribution in [-0.4, -0.2) is 13.1 Å². The van der Waals surface area contributed by atoms with Gasteiger partial charge in [0, 0.05) is 33.5 Å². The molecule has 2 aromatic heterocycles. The zero-order valence-corrected chi connectivity index (χ0v) is 18.4. The van der Waals surface area contributed by atoms with Crippen LogP contribution < -0.4 is 20.7 Å². The number of esters is 1. The number of ether oxygens (including phenoxy) is 2. The lowest BCUT2D eigenvalue weighted by atomic mass is 10.0. The van der Waals surface area contributed by atoms with Gasteiger partial charge in [0.05, 0.1) is 18.2 Å². The molecule has 34 heavy (non-hydrogen) atoms. The van der Waals surface area contributed by atoms with E-state index in [0.29, 0.717) is 38.3 Å². The van der Waals surface area contributed by atoms with E-state index in [-0.39, 0.29) is 16.9 Å². The Kier molecular flexibility index (Phi) is 5.39. The molecule has 0 bridgehead atoms. The Morgan fingerprint density at radius 3 is 2.50 bits per heavy atom. The van der Waals surface area contributed by atoms with Crippen LogP contribution in [0.1, 0.15) is 10.4 Å². The van der Waals surface area contributed by atoms with Gasteiger partial charge in [-0.3, -0.25) is 0 Å². The molecule has 0 unspecified atom stereocenters. The molecular formula is C26H15ClO7. The monoisotopic (exact) mass is 474 g/mol. The number of carbonyl (C=O) groups is 1. The molecule has 0 saturated heterocycles. The predicted octanol–water partition coefficient (Wildman–Crippen LogP) is 5.45. The second kappa shape index (κ2) is 8.53. The molecule has 0 aliphatic rings. The van der Waals surface area contributed by atoms with Crippen molar-refractivity contribution in [3.63, 3.8) is 0 Å². The van der Waals surface area contributed by atoms with Crippen molar-refractivity contribution in [2.75, 3.05) is 7.11 Å². The number of carbonyl (C=O) groups excluding carboxylic acids is 1. The summed E-state index contributed by atoms with van der Waals surface area (Å²) in [6, 6.07) is 18.8. The highest BCUT2D eigenvalue weighted by molar-refractivity contribution is 6.31. The highest BCUT2D eigenvalue weighted by atomic mass is 35.5. The third kappa shape index (κ3) is 4.04. The van der Waals surface area contributed by atoms with Crippen LogP contribution in [0.25, 0.3) is 33.1 Å². The molecule has 0 radical (unpaired) electrons. The van der Waals surface area contributed by atoms with Crippen molar-refractivity contribution in [1.82, 2.24) is 0 Å². The first-order valence-corrected chi connectivity index (χ1v) is 10.5. The average Bonchev–Trinajstić information content (AvgIpc) is 2.83. The molecule has 0 N–H and O–H groups in total. The van der Waals surface area contributed by atoms with Gasteiger partial charge in [-0.05, 0) is 54.6 Å². The fourth-order valence-electron chi connectivity index (χ4n) is 3.63. The van der Waals surface area contributed by atoms with Crippen molar-refractivity contribution in [2.24, 2.45) is 0 Å². The summed E-state index contributed by atoms with van der Waals surface area (Å²) in [5.41, 5.74) is 0.0178. The third-order valence-electron chi connectivity index (χ3n) is 5.22. The first-order valence-electron chi connectivity index (χ1n) is 10.1. The minimum absolute atomic E-state index is 0.143. The first-order chi connectivity index (χ1) is 16.4. The molecule has 5 aromatic rings. The summed E-state index contributed by atoms with van der Waals surface area (Å²) in [5.74, 6) is 0.0702. The molecule has 0 amide bonds. The number of rotatable bonds is 4. The summed E-state index contributed by atoms with van der Waals surface area (Å²) in [4.78, 5) is 37.5. The summed E-state index contributed by atoms with van der Waals surface area (Å²) in [6.07, 6.45) is 0. The molecule has 0 atom stereocenters. The zero-order valence-electron chi connectivity index (χ0n) is 17.7. The van der Waals surface area contributed by atoms with Gasteiger partial charge in [-0.2, -0.15) is 0 Å². The SMILES string of the molecule is COc1cccc(C(=O)Oc2ccc3c(-c4cc5cc(Cl)ccc5oc4=O)cc(=O)oc3c2)c1. The van der Waals surface area contributed by atoms with E-state index in [1.165, 1.54) is 19.2 Å². The standard InChI is InChI=1S/C26H15ClO7/c1-31-17-4-2-3-14(10-17)25(29)32-18-6-7-19-20(13-24(28)33-23(19)12-18)21-11-15-9-16(27)5-8-22(15)34-26(21)30/h2-13H,1H3. The Balaban J connectivity index is 1.57. The summed E-state index contributed by atoms with van der Waals surface area (Å²) in [5, 5.41) is 1.55. The van der Waals surface area contributed by atoms with E-state index in [1.807, 2.05) is 0 Å². The summed E-state index contributed by atoms with van der Waals surface area (Å²) >= 11 is 6.06. The van der Waals surface area contributed by atoms with Gasteiger partial charge in [0.2, 0.25) is 0 Å². The largest absolute Gasteiger partial charge is 0.497 e. The number of hydrogen-bond acceptors (Lipinski definition) is 7. The molecule has 0 fully saturated rings. The maximum atomic E-state index is 12.7. The van der Waals surface area contributed by atoms with E-state index in [0.717, 1.165) is 0 Å². The zero-order chi connectivity index (χ0) is 23.8. The Hall–Kier alpha value is -4.36. The first kappa shape index (κ1) is 21.5. The Bertz CT molecular complexity index is 1700. The van der Waals surface area contributed by atoms with Crippen LogP contribution in [0.2, 0.25) is 5.02 Å². The van der Waals surface area contributed by atoms with Crippen LogP contribution >= 0.6 is 11.6 Å². The van der Waals surface area contributed by atoms with Crippen LogP contribution in [-0.2, 0) is 0 Å². The molecule has 0 saturated carbocycles. The lowest BCUT2D eigenvalue weighted by Crippen LogP contribution is -2.09. The van der Waals surface area contributed by atoms with Gasteiger partial charge >= 0.3 is 17.2 Å². The minimum atomic E-state index is -0.677. The van der Waals surface area contributed by atoms with E-state index in [2.05, 4.69) is 0 Å². The number of fused-ring (bicyclic) bond motifs is 2. The normalized spacial score (nSPS) is 11.0. The number of methoxy groups -OCH3 is 1. The van der Waals surface area contributed by atoms with Gasteiger partial charge in [-0.25, -0.2) is 14.4 Å². The molecule has 3 aromatic carbocycles. The van der Waals surface area contributed by atoms with Crippen LogP contribution in [0.3, 0.4) is 0 Å². The second-order valence-corrected chi connectivity index (χ2v) is 7.82. The van der Waals surface area contributed by atoms with Gasteiger partial charge in [0.25, 0.3) is 0 Å². The number of hydrogen-bond donors (Lipinski definition) is 0. The van der Waals surface area contributed by atoms with E-state index in [4.69, 9.17) is 29.9 Å². The average molecular weight is 475 g/mol. The van der Waals surface area contributed by atoms with Crippen LogP contribution in [0, 0.1) is 0 Å². The molecule has 0 aliphatic carbocycles. The number of halogens is 1. The molecular weight excluding hydrogens is 460 g/mol. The van der Waals surface area contributed by atoms with Crippen molar-refractivity contribution in [3.8, 4) is 22.6 Å². The summed E-state index contributed by atoms with van der Waals surface area (Å²) in [7, 11) is 1.50. The highest BCUT2D eigenvalue weighted by Gasteiger charge is 2.16. The molecule has 5 rings (SSSR count). The minimum Gasteiger partial charge on any atom is -0.497 e. The van der Waals surface area contributed by atoms with E-state index in [1.54, 1.807) is 60.7 Å². The summed E-state index contributed by atoms with van der Waals surface area (Å²) in [6.45, 7) is 0. The molecule has 7 nitrogen and oxygen atoms in total. The van der Waals surface area contributed by atoms with Gasteiger partial charge in [-0.1, -0.05) is 17.7 Å². The van der Waals surface area contributed by atoms with E-state index < -0.39 is 17.2 Å². The maximum Gasteiger partial charge on any atom is 0.344 e. The van der Waals surface area contributed by atoms with Gasteiger partial charge in [0.15, 0.2) is 0 Å². The maximum absolute atomic E-state index is 12.7. The lowest BCUT2D eigenvalue weighted by Gasteiger charge is -2.09. The molecule has 2 heterocycles. The van der Waals surface area contributed by atoms with Crippen LogP contribution in [0.5, 0.6) is 11.5 Å². The Morgan fingerprint density at radius 1 is 0.824 bits per heavy atom. The highest BCUT2D eigenvalue weighted by Crippen LogP contribution is 2.30. The van der Waals surface area contributed by atoms with Gasteiger partial charge in [-0.15, -0.1) is 0 Å². The fourth-order valence-corrected chi connectivity index (χ4v) is 3.81. The molecule has 8 heteroatoms. The Morgan fingerprint density at radius 2 is 1.68 bits per heavy atom. The van der Waals surface area contributed by atoms with Crippen LogP contribution in [0.15, 0.2) is 91.2 Å².